The molecule has 0 atom stereocenters. The topological polar surface area (TPSA) is 57.0 Å². The van der Waals surface area contributed by atoms with Crippen molar-refractivity contribution in [3.05, 3.63) is 33.6 Å². The number of benzene rings is 1. The molecule has 3 rings (SSSR count). The van der Waals surface area contributed by atoms with Crippen LogP contribution in [0.3, 0.4) is 0 Å². The Hall–Kier alpha value is -1.73. The molecule has 3 aromatic rings. The van der Waals surface area contributed by atoms with Crippen LogP contribution in [0.15, 0.2) is 28.7 Å². The Balaban J connectivity index is 2.03. The van der Waals surface area contributed by atoms with E-state index in [2.05, 4.69) is 26.2 Å². The Kier molecular flexibility index (Phi) is 3.77. The van der Waals surface area contributed by atoms with Crippen LogP contribution in [-0.4, -0.2) is 27.6 Å². The van der Waals surface area contributed by atoms with Crippen LogP contribution >= 0.6 is 27.3 Å². The van der Waals surface area contributed by atoms with Crippen LogP contribution in [0.25, 0.3) is 21.5 Å². The van der Waals surface area contributed by atoms with E-state index in [1.54, 1.807) is 17.7 Å². The second-order valence-electron chi connectivity index (χ2n) is 4.42. The first-order valence-corrected chi connectivity index (χ1v) is 7.97. The third-order valence-electron chi connectivity index (χ3n) is 3.04. The van der Waals surface area contributed by atoms with E-state index in [-0.39, 0.29) is 5.97 Å². The second-order valence-corrected chi connectivity index (χ2v) is 6.33. The number of carbonyl (C=O) groups excluding carboxylic acids is 1. The molecule has 5 nitrogen and oxygen atoms in total. The molecule has 21 heavy (non-hydrogen) atoms. The monoisotopic (exact) mass is 365 g/mol. The highest BCUT2D eigenvalue weighted by Crippen LogP contribution is 2.37. The van der Waals surface area contributed by atoms with Crippen LogP contribution < -0.4 is 0 Å². The number of hydrogen-bond donors (Lipinski definition) is 0. The van der Waals surface area contributed by atoms with Crippen LogP contribution in [-0.2, 0) is 11.8 Å². The van der Waals surface area contributed by atoms with Gasteiger partial charge in [-0.05, 0) is 46.6 Å². The lowest BCUT2D eigenvalue weighted by molar-refractivity contribution is 0.0532. The van der Waals surface area contributed by atoms with Gasteiger partial charge in [0, 0.05) is 16.4 Å². The molecule has 7 heteroatoms. The van der Waals surface area contributed by atoms with Crippen LogP contribution in [0, 0.1) is 0 Å². The fraction of sp³-hybridized carbons (Fsp3) is 0.214. The molecular formula is C14H12BrN3O2S. The maximum Gasteiger partial charge on any atom is 0.348 e. The molecule has 0 saturated carbocycles. The molecule has 0 N–H and O–H groups in total. The fourth-order valence-corrected chi connectivity index (χ4v) is 3.84. The zero-order valence-corrected chi connectivity index (χ0v) is 13.9. The molecule has 0 saturated heterocycles. The van der Waals surface area contributed by atoms with Crippen molar-refractivity contribution in [3.8, 4) is 10.4 Å². The lowest BCUT2D eigenvalue weighted by atomic mass is 10.1. The minimum atomic E-state index is -0.296. The van der Waals surface area contributed by atoms with Crippen molar-refractivity contribution in [1.29, 1.82) is 0 Å². The molecule has 2 aromatic heterocycles. The van der Waals surface area contributed by atoms with E-state index in [0.717, 1.165) is 25.9 Å². The predicted molar refractivity (Wildman–Crippen MR) is 85.5 cm³/mol. The van der Waals surface area contributed by atoms with Gasteiger partial charge in [0.05, 0.1) is 12.1 Å². The fourth-order valence-electron chi connectivity index (χ4n) is 2.05. The van der Waals surface area contributed by atoms with Gasteiger partial charge in [0.15, 0.2) is 0 Å². The zero-order valence-electron chi connectivity index (χ0n) is 11.5. The molecule has 0 fully saturated rings. The molecule has 0 spiro atoms. The molecular weight excluding hydrogens is 354 g/mol. The molecule has 0 aliphatic heterocycles. The number of aromatic nitrogens is 3. The summed E-state index contributed by atoms with van der Waals surface area (Å²) in [6.07, 6.45) is 0. The van der Waals surface area contributed by atoms with Gasteiger partial charge in [-0.3, -0.25) is 0 Å². The second kappa shape index (κ2) is 5.57. The maximum absolute atomic E-state index is 11.8. The average molecular weight is 366 g/mol. The number of thiophene rings is 1. The smallest absolute Gasteiger partial charge is 0.348 e. The summed E-state index contributed by atoms with van der Waals surface area (Å²) in [6, 6.07) is 7.73. The third kappa shape index (κ3) is 2.58. The first-order valence-electron chi connectivity index (χ1n) is 6.36. The molecule has 2 heterocycles. The van der Waals surface area contributed by atoms with Gasteiger partial charge in [-0.1, -0.05) is 11.3 Å². The quantitative estimate of drug-likeness (QED) is 0.664. The summed E-state index contributed by atoms with van der Waals surface area (Å²) in [5.41, 5.74) is 2.79. The van der Waals surface area contributed by atoms with Gasteiger partial charge in [0.1, 0.15) is 10.4 Å². The van der Waals surface area contributed by atoms with Crippen molar-refractivity contribution in [2.24, 2.45) is 7.05 Å². The summed E-state index contributed by atoms with van der Waals surface area (Å²) in [6.45, 7) is 2.17. The lowest BCUT2D eigenvalue weighted by Gasteiger charge is -1.99. The summed E-state index contributed by atoms with van der Waals surface area (Å²) in [4.78, 5) is 13.4. The number of fused-ring (bicyclic) bond motifs is 1. The first kappa shape index (κ1) is 14.2. The van der Waals surface area contributed by atoms with Crippen LogP contribution in [0.1, 0.15) is 16.6 Å². The standard InChI is InChI=1S/C14H12BrN3O2S/c1-3-20-14(19)12-7-9(15)13(21-12)8-4-5-11-10(6-8)16-17-18(11)2/h4-7H,3H2,1-2H3. The van der Waals surface area contributed by atoms with E-state index in [0.29, 0.717) is 11.5 Å². The van der Waals surface area contributed by atoms with Gasteiger partial charge in [-0.15, -0.1) is 16.4 Å². The molecule has 0 radical (unpaired) electrons. The largest absolute Gasteiger partial charge is 0.462 e. The molecule has 1 aromatic carbocycles. The molecule has 0 aliphatic rings. The van der Waals surface area contributed by atoms with E-state index >= 15 is 0 Å². The van der Waals surface area contributed by atoms with E-state index in [9.17, 15) is 4.79 Å². The van der Waals surface area contributed by atoms with Crippen molar-refractivity contribution >= 4 is 44.3 Å². The van der Waals surface area contributed by atoms with E-state index < -0.39 is 0 Å². The normalized spacial score (nSPS) is 11.0. The highest BCUT2D eigenvalue weighted by molar-refractivity contribution is 9.10. The lowest BCUT2D eigenvalue weighted by Crippen LogP contribution is -2.01. The van der Waals surface area contributed by atoms with Crippen LogP contribution in [0.5, 0.6) is 0 Å². The first-order chi connectivity index (χ1) is 10.1. The van der Waals surface area contributed by atoms with Gasteiger partial charge < -0.3 is 4.74 Å². The molecule has 0 unspecified atom stereocenters. The van der Waals surface area contributed by atoms with Gasteiger partial charge in [0.25, 0.3) is 0 Å². The third-order valence-corrected chi connectivity index (χ3v) is 5.09. The molecule has 0 bridgehead atoms. The van der Waals surface area contributed by atoms with Gasteiger partial charge in [-0.25, -0.2) is 9.48 Å². The SMILES string of the molecule is CCOC(=O)c1cc(Br)c(-c2ccc3c(c2)nnn3C)s1. The van der Waals surface area contributed by atoms with E-state index in [1.807, 2.05) is 25.2 Å². The molecule has 0 aliphatic carbocycles. The van der Waals surface area contributed by atoms with Crippen LogP contribution in [0.4, 0.5) is 0 Å². The van der Waals surface area contributed by atoms with Crippen molar-refractivity contribution in [2.75, 3.05) is 6.61 Å². The number of halogens is 1. The van der Waals surface area contributed by atoms with E-state index in [4.69, 9.17) is 4.74 Å². The molecule has 108 valence electrons. The van der Waals surface area contributed by atoms with Gasteiger partial charge in [-0.2, -0.15) is 0 Å². The number of esters is 1. The van der Waals surface area contributed by atoms with Crippen molar-refractivity contribution in [1.82, 2.24) is 15.0 Å². The predicted octanol–water partition coefficient (Wildman–Crippen LogP) is 3.64. The van der Waals surface area contributed by atoms with Crippen molar-refractivity contribution < 1.29 is 9.53 Å². The summed E-state index contributed by atoms with van der Waals surface area (Å²) in [7, 11) is 1.86. The summed E-state index contributed by atoms with van der Waals surface area (Å²) >= 11 is 4.90. The van der Waals surface area contributed by atoms with Gasteiger partial charge >= 0.3 is 5.97 Å². The summed E-state index contributed by atoms with van der Waals surface area (Å²) in [5.74, 6) is -0.296. The Labute approximate surface area is 133 Å². The summed E-state index contributed by atoms with van der Waals surface area (Å²) < 4.78 is 7.63. The maximum atomic E-state index is 11.8. The Morgan fingerprint density at radius 3 is 3.00 bits per heavy atom. The van der Waals surface area contributed by atoms with Crippen molar-refractivity contribution in [2.45, 2.75) is 6.92 Å². The minimum Gasteiger partial charge on any atom is -0.462 e. The Morgan fingerprint density at radius 1 is 1.43 bits per heavy atom. The highest BCUT2D eigenvalue weighted by atomic mass is 79.9. The highest BCUT2D eigenvalue weighted by Gasteiger charge is 2.16. The van der Waals surface area contributed by atoms with Gasteiger partial charge in [0.2, 0.25) is 0 Å². The number of ether oxygens (including phenoxy) is 1. The number of rotatable bonds is 3. The Morgan fingerprint density at radius 2 is 2.24 bits per heavy atom. The number of hydrogen-bond acceptors (Lipinski definition) is 5. The number of aryl methyl sites for hydroxylation is 1. The number of carbonyl (C=O) groups is 1. The van der Waals surface area contributed by atoms with Crippen molar-refractivity contribution in [3.63, 3.8) is 0 Å². The van der Waals surface area contributed by atoms with Crippen LogP contribution in [0.2, 0.25) is 0 Å². The number of nitrogens with zero attached hydrogens (tertiary/aromatic N) is 3. The Bertz CT molecular complexity index is 825. The van der Waals surface area contributed by atoms with E-state index in [1.165, 1.54) is 11.3 Å². The molecule has 0 amide bonds. The average Bonchev–Trinajstić information content (AvgIpc) is 3.03. The zero-order chi connectivity index (χ0) is 15.0. The minimum absolute atomic E-state index is 0.296. The summed E-state index contributed by atoms with van der Waals surface area (Å²) in [5, 5.41) is 8.11.